The van der Waals surface area contributed by atoms with Crippen molar-refractivity contribution in [1.29, 1.82) is 0 Å². The molecule has 0 heterocycles. The smallest absolute Gasteiger partial charge is 0.356 e. The van der Waals surface area contributed by atoms with E-state index in [0.29, 0.717) is 0 Å². The molecule has 0 aliphatic rings. The molecule has 0 spiro atoms. The minimum absolute atomic E-state index is 1.07. The van der Waals surface area contributed by atoms with Crippen LogP contribution in [0.1, 0.15) is 6.92 Å². The predicted octanol–water partition coefficient (Wildman–Crippen LogP) is 0.318. The van der Waals surface area contributed by atoms with Crippen LogP contribution in [0.4, 0.5) is 0 Å². The zero-order valence-electron chi connectivity index (χ0n) is 8.65. The molecule has 7 nitrogen and oxygen atoms in total. The summed E-state index contributed by atoms with van der Waals surface area (Å²) in [5, 5.41) is 26.2. The van der Waals surface area contributed by atoms with Gasteiger partial charge in [0.05, 0.1) is 5.92 Å². The molecule has 0 saturated heterocycles. The third-order valence-electron chi connectivity index (χ3n) is 2.20. The first-order valence-electron chi connectivity index (χ1n) is 4.28. The second-order valence-corrected chi connectivity index (χ2v) is 4.97. The van der Waals surface area contributed by atoms with Crippen molar-refractivity contribution in [2.24, 2.45) is 11.8 Å². The monoisotopic (exact) mass is 251 g/mol. The molecule has 0 aromatic carbocycles. The largest absolute Gasteiger partial charge is 0.481 e. The van der Waals surface area contributed by atoms with E-state index in [1.807, 2.05) is 0 Å². The molecule has 8 heteroatoms. The average Bonchev–Trinajstić information content (AvgIpc) is 2.10. The number of carboxylic acid groups (broad SMARTS) is 3. The van der Waals surface area contributed by atoms with Crippen LogP contribution in [0.15, 0.2) is 0 Å². The van der Waals surface area contributed by atoms with E-state index in [2.05, 4.69) is 0 Å². The summed E-state index contributed by atoms with van der Waals surface area (Å²) >= 11 is 0. The number of aliphatic carboxylic acids is 3. The van der Waals surface area contributed by atoms with Gasteiger partial charge in [0.1, 0.15) is 12.6 Å². The van der Waals surface area contributed by atoms with E-state index in [-0.39, 0.29) is 0 Å². The summed E-state index contributed by atoms with van der Waals surface area (Å²) < 4.78 is 11.2. The lowest BCUT2D eigenvalue weighted by Crippen LogP contribution is -2.39. The van der Waals surface area contributed by atoms with Gasteiger partial charge in [0.25, 0.3) is 5.66 Å². The van der Waals surface area contributed by atoms with Crippen LogP contribution < -0.4 is 0 Å². The zero-order chi connectivity index (χ0) is 13.0. The Balaban J connectivity index is 5.32. The molecule has 0 radical (unpaired) electrons. The van der Waals surface area contributed by atoms with Crippen molar-refractivity contribution < 1.29 is 34.3 Å². The Morgan fingerprint density at radius 3 is 1.62 bits per heavy atom. The number of carbonyl (C=O) groups is 3. The topological polar surface area (TPSA) is 129 Å². The fourth-order valence-corrected chi connectivity index (χ4v) is 2.46. The molecule has 90 valence electrons. The van der Waals surface area contributed by atoms with Crippen molar-refractivity contribution in [2.45, 2.75) is 12.6 Å². The molecule has 0 rings (SSSR count). The third kappa shape index (κ3) is 3.27. The van der Waals surface area contributed by atoms with Crippen LogP contribution in [-0.2, 0) is 18.9 Å². The Hall–Kier alpha value is -1.49. The van der Waals surface area contributed by atoms with Crippen LogP contribution in [0.2, 0.25) is 0 Å². The maximum Gasteiger partial charge on any atom is 0.356 e. The SMILES string of the molecule is CC(C(=O)O)C(C(=O)O)C(C(=O)O)[P+](C)=O. The molecule has 0 amide bonds. The fraction of sp³-hybridized carbons (Fsp3) is 0.625. The quantitative estimate of drug-likeness (QED) is 0.579. The van der Waals surface area contributed by atoms with Gasteiger partial charge in [-0.1, -0.05) is 11.5 Å². The first-order valence-corrected chi connectivity index (χ1v) is 6.06. The van der Waals surface area contributed by atoms with Crippen LogP contribution >= 0.6 is 7.80 Å². The van der Waals surface area contributed by atoms with Crippen molar-refractivity contribution in [2.75, 3.05) is 6.66 Å². The van der Waals surface area contributed by atoms with Crippen LogP contribution in [0, 0.1) is 11.8 Å². The number of rotatable bonds is 6. The minimum Gasteiger partial charge on any atom is -0.481 e. The van der Waals surface area contributed by atoms with Crippen LogP contribution in [0.3, 0.4) is 0 Å². The van der Waals surface area contributed by atoms with Crippen molar-refractivity contribution in [3.05, 3.63) is 0 Å². The summed E-state index contributed by atoms with van der Waals surface area (Å²) in [5.41, 5.74) is -1.70. The van der Waals surface area contributed by atoms with Gasteiger partial charge < -0.3 is 15.3 Å². The van der Waals surface area contributed by atoms with Crippen molar-refractivity contribution >= 4 is 25.7 Å². The van der Waals surface area contributed by atoms with Gasteiger partial charge in [-0.25, -0.2) is 4.79 Å². The normalized spacial score (nSPS) is 17.0. The standard InChI is InChI=1S/C8H11O7P/c1-3(6(9)10)4(7(11)12)5(8(13)14)16(2)15/h3-5H,1-2H3,(H2-,9,10,11,12,13,14)/p+1. The highest BCUT2D eigenvalue weighted by atomic mass is 31.1. The molecule has 0 aliphatic heterocycles. The lowest BCUT2D eigenvalue weighted by molar-refractivity contribution is -0.156. The van der Waals surface area contributed by atoms with Gasteiger partial charge in [0.15, 0.2) is 0 Å². The highest BCUT2D eigenvalue weighted by molar-refractivity contribution is 7.45. The van der Waals surface area contributed by atoms with Gasteiger partial charge in [0, 0.05) is 0 Å². The highest BCUT2D eigenvalue weighted by Gasteiger charge is 2.50. The van der Waals surface area contributed by atoms with Crippen molar-refractivity contribution in [1.82, 2.24) is 0 Å². The van der Waals surface area contributed by atoms with Gasteiger partial charge in [-0.3, -0.25) is 9.59 Å². The Labute approximate surface area is 91.9 Å². The Kier molecular flexibility index (Phi) is 5.04. The summed E-state index contributed by atoms with van der Waals surface area (Å²) in [4.78, 5) is 32.3. The molecular formula is C8H12O7P+. The van der Waals surface area contributed by atoms with Crippen LogP contribution in [-0.4, -0.2) is 45.6 Å². The maximum atomic E-state index is 11.2. The highest BCUT2D eigenvalue weighted by Crippen LogP contribution is 2.34. The van der Waals surface area contributed by atoms with E-state index < -0.39 is 43.2 Å². The summed E-state index contributed by atoms with van der Waals surface area (Å²) in [7, 11) is -2.33. The second-order valence-electron chi connectivity index (χ2n) is 3.32. The van der Waals surface area contributed by atoms with E-state index in [9.17, 15) is 18.9 Å². The molecule has 0 fully saturated rings. The number of carboxylic acids is 3. The van der Waals surface area contributed by atoms with Gasteiger partial charge in [-0.05, 0) is 0 Å². The maximum absolute atomic E-state index is 11.2. The molecule has 3 N–H and O–H groups in total. The fourth-order valence-electron chi connectivity index (χ4n) is 1.31. The zero-order valence-corrected chi connectivity index (χ0v) is 9.55. The molecule has 0 aromatic rings. The van der Waals surface area contributed by atoms with E-state index in [1.54, 1.807) is 0 Å². The number of hydrogen-bond acceptors (Lipinski definition) is 4. The summed E-state index contributed by atoms with van der Waals surface area (Å²) in [6, 6.07) is 0. The van der Waals surface area contributed by atoms with Crippen molar-refractivity contribution in [3.8, 4) is 0 Å². The van der Waals surface area contributed by atoms with Gasteiger partial charge in [-0.2, -0.15) is 0 Å². The Morgan fingerprint density at radius 2 is 1.44 bits per heavy atom. The van der Waals surface area contributed by atoms with Crippen LogP contribution in [0.25, 0.3) is 0 Å². The molecule has 16 heavy (non-hydrogen) atoms. The number of hydrogen-bond donors (Lipinski definition) is 3. The van der Waals surface area contributed by atoms with Crippen molar-refractivity contribution in [3.63, 3.8) is 0 Å². The molecule has 0 saturated carbocycles. The van der Waals surface area contributed by atoms with Gasteiger partial charge in [0.2, 0.25) is 0 Å². The Bertz CT molecular complexity index is 323. The molecule has 0 aliphatic carbocycles. The summed E-state index contributed by atoms with van der Waals surface area (Å²) in [6.45, 7) is 2.15. The Morgan fingerprint density at radius 1 is 1.00 bits per heavy atom. The van der Waals surface area contributed by atoms with E-state index in [0.717, 1.165) is 13.6 Å². The van der Waals surface area contributed by atoms with E-state index in [1.165, 1.54) is 0 Å². The molecule has 0 aromatic heterocycles. The lowest BCUT2D eigenvalue weighted by atomic mass is 9.90. The predicted molar refractivity (Wildman–Crippen MR) is 52.9 cm³/mol. The first kappa shape index (κ1) is 14.5. The average molecular weight is 251 g/mol. The first-order chi connectivity index (χ1) is 7.20. The van der Waals surface area contributed by atoms with Crippen LogP contribution in [0.5, 0.6) is 0 Å². The molecule has 4 atom stereocenters. The van der Waals surface area contributed by atoms with E-state index >= 15 is 0 Å². The summed E-state index contributed by atoms with van der Waals surface area (Å²) in [6.07, 6.45) is 0. The van der Waals surface area contributed by atoms with Gasteiger partial charge in [-0.15, -0.1) is 0 Å². The summed E-state index contributed by atoms with van der Waals surface area (Å²) in [5.74, 6) is -7.70. The van der Waals surface area contributed by atoms with Gasteiger partial charge >= 0.3 is 25.7 Å². The molecular weight excluding hydrogens is 239 g/mol. The molecule has 4 unspecified atom stereocenters. The third-order valence-corrected chi connectivity index (χ3v) is 3.52. The minimum atomic E-state index is -2.33. The molecule has 0 bridgehead atoms. The van der Waals surface area contributed by atoms with E-state index in [4.69, 9.17) is 15.3 Å². The second kappa shape index (κ2) is 5.55. The lowest BCUT2D eigenvalue weighted by Gasteiger charge is -2.16.